The zero-order valence-electron chi connectivity index (χ0n) is 16.6. The molecule has 2 N–H and O–H groups in total. The number of nitrogens with one attached hydrogen (secondary N) is 2. The zero-order chi connectivity index (χ0) is 22.1. The lowest BCUT2D eigenvalue weighted by molar-refractivity contribution is 0.102. The first kappa shape index (κ1) is 22.0. The number of anilines is 2. The van der Waals surface area contributed by atoms with Crippen molar-refractivity contribution in [2.45, 2.75) is 25.7 Å². The number of halogens is 2. The van der Waals surface area contributed by atoms with E-state index >= 15 is 0 Å². The number of amides is 1. The maximum Gasteiger partial charge on any atom is 0.262 e. The predicted molar refractivity (Wildman–Crippen MR) is 120 cm³/mol. The maximum absolute atomic E-state index is 14.0. The van der Waals surface area contributed by atoms with Gasteiger partial charge in [0.15, 0.2) is 0 Å². The third-order valence-corrected chi connectivity index (χ3v) is 6.77. The molecule has 0 atom stereocenters. The molecule has 0 aliphatic rings. The fourth-order valence-electron chi connectivity index (χ4n) is 2.88. The van der Waals surface area contributed by atoms with E-state index in [0.29, 0.717) is 15.7 Å². The first-order chi connectivity index (χ1) is 14.1. The Kier molecular flexibility index (Phi) is 6.28. The van der Waals surface area contributed by atoms with Crippen LogP contribution in [0.4, 0.5) is 15.8 Å². The molecule has 0 radical (unpaired) electrons. The van der Waals surface area contributed by atoms with Crippen LogP contribution in [-0.4, -0.2) is 14.3 Å². The van der Waals surface area contributed by atoms with Crippen LogP contribution in [0.1, 0.15) is 27.0 Å². The molecule has 0 aliphatic carbocycles. The average molecular weight is 491 g/mol. The van der Waals surface area contributed by atoms with Crippen molar-refractivity contribution in [2.75, 3.05) is 10.0 Å². The normalized spacial score (nSPS) is 11.2. The lowest BCUT2D eigenvalue weighted by Crippen LogP contribution is -2.18. The van der Waals surface area contributed by atoms with Crippen LogP contribution in [0.2, 0.25) is 0 Å². The van der Waals surface area contributed by atoms with Crippen LogP contribution in [0.25, 0.3) is 0 Å². The first-order valence-corrected chi connectivity index (χ1v) is 11.3. The van der Waals surface area contributed by atoms with Crippen molar-refractivity contribution >= 4 is 43.2 Å². The summed E-state index contributed by atoms with van der Waals surface area (Å²) in [4.78, 5) is 12.6. The molecule has 0 fully saturated rings. The third kappa shape index (κ3) is 4.71. The number of hydrogen-bond acceptors (Lipinski definition) is 3. The Morgan fingerprint density at radius 2 is 1.67 bits per heavy atom. The fraction of sp³-hybridized carbons (Fsp3) is 0.136. The van der Waals surface area contributed by atoms with Crippen LogP contribution in [-0.2, 0) is 10.0 Å². The number of rotatable bonds is 5. The molecule has 0 spiro atoms. The Morgan fingerprint density at radius 3 is 2.37 bits per heavy atom. The Bertz CT molecular complexity index is 1240. The van der Waals surface area contributed by atoms with Crippen molar-refractivity contribution < 1.29 is 17.6 Å². The molecule has 156 valence electrons. The van der Waals surface area contributed by atoms with Crippen LogP contribution in [0, 0.1) is 26.6 Å². The molecular weight excluding hydrogens is 471 g/mol. The van der Waals surface area contributed by atoms with Crippen molar-refractivity contribution in [3.8, 4) is 0 Å². The van der Waals surface area contributed by atoms with Gasteiger partial charge in [-0.1, -0.05) is 34.1 Å². The van der Waals surface area contributed by atoms with Crippen LogP contribution in [0.5, 0.6) is 0 Å². The van der Waals surface area contributed by atoms with E-state index in [1.54, 1.807) is 31.2 Å². The largest absolute Gasteiger partial charge is 0.319 e. The van der Waals surface area contributed by atoms with Crippen LogP contribution in [0.3, 0.4) is 0 Å². The van der Waals surface area contributed by atoms with Crippen LogP contribution >= 0.6 is 15.9 Å². The highest BCUT2D eigenvalue weighted by atomic mass is 79.9. The van der Waals surface area contributed by atoms with Gasteiger partial charge in [0.25, 0.3) is 15.9 Å². The molecular formula is C22H20BrFN2O3S. The lowest BCUT2D eigenvalue weighted by atomic mass is 10.1. The molecule has 30 heavy (non-hydrogen) atoms. The van der Waals surface area contributed by atoms with Gasteiger partial charge in [-0.2, -0.15) is 0 Å². The lowest BCUT2D eigenvalue weighted by Gasteiger charge is -2.14. The summed E-state index contributed by atoms with van der Waals surface area (Å²) >= 11 is 3.16. The zero-order valence-corrected chi connectivity index (χ0v) is 19.0. The summed E-state index contributed by atoms with van der Waals surface area (Å²) in [6.07, 6.45) is 0. The Balaban J connectivity index is 1.92. The minimum Gasteiger partial charge on any atom is -0.319 e. The number of sulfonamides is 1. The Morgan fingerprint density at radius 1 is 0.933 bits per heavy atom. The second-order valence-electron chi connectivity index (χ2n) is 6.91. The molecule has 3 aromatic rings. The molecule has 0 aromatic heterocycles. The van der Waals surface area contributed by atoms with Crippen molar-refractivity contribution in [3.05, 3.63) is 87.1 Å². The maximum atomic E-state index is 14.0. The molecule has 3 aromatic carbocycles. The van der Waals surface area contributed by atoms with Gasteiger partial charge in [0.05, 0.1) is 16.3 Å². The summed E-state index contributed by atoms with van der Waals surface area (Å²) in [6, 6.07) is 13.9. The monoisotopic (exact) mass is 490 g/mol. The Labute approximate surface area is 183 Å². The van der Waals surface area contributed by atoms with E-state index in [1.807, 2.05) is 19.9 Å². The number of hydrogen-bond donors (Lipinski definition) is 2. The molecule has 3 rings (SSSR count). The van der Waals surface area contributed by atoms with E-state index in [4.69, 9.17) is 0 Å². The van der Waals surface area contributed by atoms with Gasteiger partial charge >= 0.3 is 0 Å². The van der Waals surface area contributed by atoms with Crippen LogP contribution < -0.4 is 10.0 Å². The topological polar surface area (TPSA) is 75.3 Å². The summed E-state index contributed by atoms with van der Waals surface area (Å²) in [7, 11) is -3.94. The highest BCUT2D eigenvalue weighted by Gasteiger charge is 2.21. The van der Waals surface area contributed by atoms with Gasteiger partial charge in [-0.3, -0.25) is 9.52 Å². The number of benzene rings is 3. The van der Waals surface area contributed by atoms with Crippen LogP contribution in [0.15, 0.2) is 64.0 Å². The number of carbonyl (C=O) groups is 1. The minimum absolute atomic E-state index is 0.00157. The molecule has 0 aliphatic heterocycles. The molecule has 0 saturated carbocycles. The molecule has 0 heterocycles. The first-order valence-electron chi connectivity index (χ1n) is 9.04. The van der Waals surface area contributed by atoms with E-state index in [-0.39, 0.29) is 16.1 Å². The standard InChI is InChI=1S/C22H20BrFN2O3S/c1-13-5-4-6-19(15(13)3)26-30(28,29)21-11-16(8-7-14(21)2)22(27)25-20-10-9-17(23)12-18(20)24/h4-12,26H,1-3H3,(H,25,27). The van der Waals surface area contributed by atoms with Gasteiger partial charge in [-0.15, -0.1) is 0 Å². The Hall–Kier alpha value is -2.71. The van der Waals surface area contributed by atoms with Gasteiger partial charge in [0.2, 0.25) is 0 Å². The van der Waals surface area contributed by atoms with E-state index < -0.39 is 21.7 Å². The van der Waals surface area contributed by atoms with Gasteiger partial charge < -0.3 is 5.32 Å². The van der Waals surface area contributed by atoms with Gasteiger partial charge in [-0.05, 0) is 73.9 Å². The van der Waals surface area contributed by atoms with Gasteiger partial charge in [0, 0.05) is 10.0 Å². The second-order valence-corrected chi connectivity index (χ2v) is 9.48. The van der Waals surface area contributed by atoms with Gasteiger partial charge in [0.1, 0.15) is 5.82 Å². The van der Waals surface area contributed by atoms with E-state index in [0.717, 1.165) is 11.1 Å². The van der Waals surface area contributed by atoms with E-state index in [1.165, 1.54) is 24.3 Å². The molecule has 0 saturated heterocycles. The minimum atomic E-state index is -3.94. The van der Waals surface area contributed by atoms with Crippen molar-refractivity contribution in [2.24, 2.45) is 0 Å². The SMILES string of the molecule is Cc1ccc(C(=O)Nc2ccc(Br)cc2F)cc1S(=O)(=O)Nc1cccc(C)c1C. The number of carbonyl (C=O) groups excluding carboxylic acids is 1. The van der Waals surface area contributed by atoms with E-state index in [2.05, 4.69) is 26.0 Å². The van der Waals surface area contributed by atoms with Crippen molar-refractivity contribution in [1.29, 1.82) is 0 Å². The van der Waals surface area contributed by atoms with E-state index in [9.17, 15) is 17.6 Å². The summed E-state index contributed by atoms with van der Waals surface area (Å²) in [5, 5.41) is 2.47. The predicted octanol–water partition coefficient (Wildman–Crippen LogP) is 5.57. The second kappa shape index (κ2) is 8.57. The number of aryl methyl sites for hydroxylation is 2. The quantitative estimate of drug-likeness (QED) is 0.490. The summed E-state index contributed by atoms with van der Waals surface area (Å²) in [5.41, 5.74) is 2.83. The summed E-state index contributed by atoms with van der Waals surface area (Å²) in [6.45, 7) is 5.37. The molecule has 0 unspecified atom stereocenters. The van der Waals surface area contributed by atoms with Crippen molar-refractivity contribution in [3.63, 3.8) is 0 Å². The highest BCUT2D eigenvalue weighted by molar-refractivity contribution is 9.10. The fourth-order valence-corrected chi connectivity index (χ4v) is 4.61. The average Bonchev–Trinajstić information content (AvgIpc) is 2.67. The highest BCUT2D eigenvalue weighted by Crippen LogP contribution is 2.25. The van der Waals surface area contributed by atoms with Crippen molar-refractivity contribution in [1.82, 2.24) is 0 Å². The smallest absolute Gasteiger partial charge is 0.262 e. The molecule has 5 nitrogen and oxygen atoms in total. The summed E-state index contributed by atoms with van der Waals surface area (Å²) in [5.74, 6) is -1.21. The molecule has 8 heteroatoms. The summed E-state index contributed by atoms with van der Waals surface area (Å²) < 4.78 is 43.2. The third-order valence-electron chi connectivity index (χ3n) is 4.77. The molecule has 0 bridgehead atoms. The molecule has 1 amide bonds. The van der Waals surface area contributed by atoms with Gasteiger partial charge in [-0.25, -0.2) is 12.8 Å².